The second-order valence-corrected chi connectivity index (χ2v) is 11.4. The highest BCUT2D eigenvalue weighted by Crippen LogP contribution is 2.45. The number of aryl methyl sites for hydroxylation is 1. The van der Waals surface area contributed by atoms with E-state index in [2.05, 4.69) is 94.1 Å². The lowest BCUT2D eigenvalue weighted by Crippen LogP contribution is -2.52. The summed E-state index contributed by atoms with van der Waals surface area (Å²) in [5.74, 6) is -0.300. The zero-order valence-electron chi connectivity index (χ0n) is 23.3. The lowest BCUT2D eigenvalue weighted by atomic mass is 9.74. The molecule has 1 aliphatic heterocycles. The van der Waals surface area contributed by atoms with Crippen molar-refractivity contribution in [1.82, 2.24) is 19.9 Å². The van der Waals surface area contributed by atoms with Gasteiger partial charge in [0.25, 0.3) is 0 Å². The van der Waals surface area contributed by atoms with Crippen molar-refractivity contribution in [3.8, 4) is 0 Å². The maximum Gasteiger partial charge on any atom is 0.307 e. The normalized spacial score (nSPS) is 16.9. The van der Waals surface area contributed by atoms with E-state index in [1.807, 2.05) is 18.2 Å². The van der Waals surface area contributed by atoms with Gasteiger partial charge in [-0.25, -0.2) is 4.68 Å². The van der Waals surface area contributed by atoms with Gasteiger partial charge in [0.05, 0.1) is 37.5 Å². The fourth-order valence-electron chi connectivity index (χ4n) is 5.75. The standard InChI is InChI=1S/C33H34N4O3S/c1-25(38)41-31-18-20-36(24-26(31)22-30-23-34-35-37(30)21-19-32(39)40-2)33(27-12-6-3-7-13-27,28-14-8-4-9-15-28)29-16-10-5-11-17-29/h3-17,22-23,31H,18-21,24H2,1-2H3/b26-22-. The molecule has 4 aromatic rings. The second-order valence-electron chi connectivity index (χ2n) is 10.0. The van der Waals surface area contributed by atoms with Crippen LogP contribution in [0.25, 0.3) is 6.08 Å². The molecule has 0 N–H and O–H groups in total. The van der Waals surface area contributed by atoms with Gasteiger partial charge in [-0.1, -0.05) is 108 Å². The number of esters is 1. The molecule has 5 rings (SSSR count). The van der Waals surface area contributed by atoms with Crippen LogP contribution in [-0.2, 0) is 26.4 Å². The molecule has 0 bridgehead atoms. The molecule has 1 fully saturated rings. The Labute approximate surface area is 245 Å². The van der Waals surface area contributed by atoms with Crippen LogP contribution in [0, 0.1) is 0 Å². The van der Waals surface area contributed by atoms with E-state index in [0.29, 0.717) is 13.1 Å². The summed E-state index contributed by atoms with van der Waals surface area (Å²) in [5.41, 5.74) is 4.89. The van der Waals surface area contributed by atoms with Gasteiger partial charge < -0.3 is 4.74 Å². The van der Waals surface area contributed by atoms with E-state index in [9.17, 15) is 9.59 Å². The number of hydrogen-bond donors (Lipinski definition) is 0. The van der Waals surface area contributed by atoms with Gasteiger partial charge in [0.2, 0.25) is 0 Å². The molecule has 0 amide bonds. The largest absolute Gasteiger partial charge is 0.469 e. The maximum absolute atomic E-state index is 12.3. The minimum absolute atomic E-state index is 0.0210. The highest BCUT2D eigenvalue weighted by Gasteiger charge is 2.44. The maximum atomic E-state index is 12.3. The lowest BCUT2D eigenvalue weighted by Gasteiger charge is -2.49. The minimum Gasteiger partial charge on any atom is -0.469 e. The summed E-state index contributed by atoms with van der Waals surface area (Å²) in [7, 11) is 1.38. The predicted molar refractivity (Wildman–Crippen MR) is 162 cm³/mol. The smallest absolute Gasteiger partial charge is 0.307 e. The third kappa shape index (κ3) is 6.19. The fourth-order valence-corrected chi connectivity index (χ4v) is 6.66. The van der Waals surface area contributed by atoms with Crippen LogP contribution in [0.1, 0.15) is 42.1 Å². The van der Waals surface area contributed by atoms with E-state index in [1.165, 1.54) is 35.6 Å². The number of rotatable bonds is 9. The monoisotopic (exact) mass is 566 g/mol. The van der Waals surface area contributed by atoms with Gasteiger partial charge >= 0.3 is 5.97 Å². The fraction of sp³-hybridized carbons (Fsp3) is 0.273. The van der Waals surface area contributed by atoms with E-state index in [0.717, 1.165) is 24.2 Å². The first kappa shape index (κ1) is 28.5. The quantitative estimate of drug-likeness (QED) is 0.194. The Bertz CT molecular complexity index is 1390. The third-order valence-electron chi connectivity index (χ3n) is 7.54. The first-order valence-electron chi connectivity index (χ1n) is 13.8. The number of carbonyl (C=O) groups excluding carboxylic acids is 2. The topological polar surface area (TPSA) is 77.3 Å². The number of benzene rings is 3. The Kier molecular flexibility index (Phi) is 9.11. The van der Waals surface area contributed by atoms with Crippen molar-refractivity contribution in [1.29, 1.82) is 0 Å². The number of hydrogen-bond acceptors (Lipinski definition) is 7. The van der Waals surface area contributed by atoms with Crippen molar-refractivity contribution in [3.05, 3.63) is 125 Å². The highest BCUT2D eigenvalue weighted by molar-refractivity contribution is 8.14. The van der Waals surface area contributed by atoms with E-state index >= 15 is 0 Å². The van der Waals surface area contributed by atoms with E-state index < -0.39 is 5.54 Å². The predicted octanol–water partition coefficient (Wildman–Crippen LogP) is 5.57. The molecule has 210 valence electrons. The van der Waals surface area contributed by atoms with Crippen molar-refractivity contribution in [2.45, 2.75) is 37.1 Å². The van der Waals surface area contributed by atoms with Crippen molar-refractivity contribution < 1.29 is 14.3 Å². The number of thioether (sulfide) groups is 1. The van der Waals surface area contributed by atoms with Crippen LogP contribution >= 0.6 is 11.8 Å². The van der Waals surface area contributed by atoms with Crippen LogP contribution in [0.15, 0.2) is 103 Å². The number of likely N-dealkylation sites (tertiary alicyclic amines) is 1. The Balaban J connectivity index is 1.63. The van der Waals surface area contributed by atoms with Gasteiger partial charge in [-0.05, 0) is 34.8 Å². The molecule has 1 unspecified atom stereocenters. The van der Waals surface area contributed by atoms with Crippen LogP contribution in [0.4, 0.5) is 0 Å². The van der Waals surface area contributed by atoms with E-state index in [1.54, 1.807) is 17.8 Å². The summed E-state index contributed by atoms with van der Waals surface area (Å²) < 4.78 is 6.53. The molecule has 0 radical (unpaired) electrons. The highest BCUT2D eigenvalue weighted by atomic mass is 32.2. The van der Waals surface area contributed by atoms with Gasteiger partial charge in [0, 0.05) is 25.3 Å². The summed E-state index contributed by atoms with van der Waals surface area (Å²) in [6, 6.07) is 31.9. The molecule has 1 atom stereocenters. The summed E-state index contributed by atoms with van der Waals surface area (Å²) in [5, 5.41) is 8.44. The Morgan fingerprint density at radius 3 is 2.02 bits per heavy atom. The van der Waals surface area contributed by atoms with Crippen LogP contribution < -0.4 is 0 Å². The SMILES string of the molecule is COC(=O)CCn1nncc1/C=C1/CN(C(c2ccccc2)(c2ccccc2)c2ccccc2)CCC1SC(C)=O. The Hall–Kier alpha value is -4.01. The molecule has 3 aromatic carbocycles. The molecular weight excluding hydrogens is 532 g/mol. The van der Waals surface area contributed by atoms with Crippen LogP contribution in [0.3, 0.4) is 0 Å². The average Bonchev–Trinajstić information content (AvgIpc) is 3.45. The third-order valence-corrected chi connectivity index (χ3v) is 8.70. The molecule has 0 saturated carbocycles. The van der Waals surface area contributed by atoms with Crippen LogP contribution in [0.2, 0.25) is 0 Å². The minimum atomic E-state index is -0.557. The van der Waals surface area contributed by atoms with E-state index in [4.69, 9.17) is 4.74 Å². The van der Waals surface area contributed by atoms with Crippen molar-refractivity contribution in [2.75, 3.05) is 20.2 Å². The summed E-state index contributed by atoms with van der Waals surface area (Å²) >= 11 is 1.38. The molecule has 1 aromatic heterocycles. The molecule has 41 heavy (non-hydrogen) atoms. The molecule has 1 saturated heterocycles. The van der Waals surface area contributed by atoms with Crippen LogP contribution in [0.5, 0.6) is 0 Å². The molecule has 2 heterocycles. The van der Waals surface area contributed by atoms with Crippen molar-refractivity contribution in [3.63, 3.8) is 0 Å². The number of methoxy groups -OCH3 is 1. The van der Waals surface area contributed by atoms with Gasteiger partial charge in [0.15, 0.2) is 5.12 Å². The first-order chi connectivity index (χ1) is 20.0. The second kappa shape index (κ2) is 13.1. The lowest BCUT2D eigenvalue weighted by molar-refractivity contribution is -0.140. The zero-order valence-corrected chi connectivity index (χ0v) is 24.2. The van der Waals surface area contributed by atoms with Crippen molar-refractivity contribution in [2.24, 2.45) is 0 Å². The van der Waals surface area contributed by atoms with Gasteiger partial charge in [-0.3, -0.25) is 14.5 Å². The Morgan fingerprint density at radius 2 is 1.51 bits per heavy atom. The molecule has 8 heteroatoms. The van der Waals surface area contributed by atoms with Crippen LogP contribution in [-0.4, -0.2) is 56.4 Å². The van der Waals surface area contributed by atoms with Gasteiger partial charge in [-0.15, -0.1) is 5.10 Å². The summed E-state index contributed by atoms with van der Waals surface area (Å²) in [4.78, 5) is 26.6. The summed E-state index contributed by atoms with van der Waals surface area (Å²) in [6.45, 7) is 3.41. The van der Waals surface area contributed by atoms with Crippen molar-refractivity contribution >= 4 is 28.9 Å². The number of ether oxygens (including phenoxy) is 1. The number of nitrogens with zero attached hydrogens (tertiary/aromatic N) is 4. The summed E-state index contributed by atoms with van der Waals surface area (Å²) in [6.07, 6.45) is 4.80. The van der Waals surface area contributed by atoms with Gasteiger partial charge in [-0.2, -0.15) is 0 Å². The number of carbonyl (C=O) groups is 2. The zero-order chi connectivity index (χ0) is 28.7. The number of piperidine rings is 1. The average molecular weight is 567 g/mol. The molecule has 0 spiro atoms. The molecule has 0 aliphatic carbocycles. The Morgan fingerprint density at radius 1 is 0.951 bits per heavy atom. The number of aromatic nitrogens is 3. The van der Waals surface area contributed by atoms with Gasteiger partial charge in [0.1, 0.15) is 0 Å². The molecule has 7 nitrogen and oxygen atoms in total. The first-order valence-corrected chi connectivity index (χ1v) is 14.6. The molecule has 1 aliphatic rings. The molecular formula is C33H34N4O3S. The van der Waals surface area contributed by atoms with E-state index in [-0.39, 0.29) is 22.8 Å².